The lowest BCUT2D eigenvalue weighted by Gasteiger charge is -2.23. The molecule has 16 nitrogen and oxygen atoms in total. The number of aromatic hydroxyl groups is 16. The van der Waals surface area contributed by atoms with Gasteiger partial charge < -0.3 is 81.7 Å². The SMILES string of the molecule is Cc1ccc(C(c2cc(-c3ccc(O)cc3)ccc2O)c2cc(-c3ccc(O)cc3)ccc2O)cc1.Cc1ccc(C(c2cc(-c3ccc(O)cc3)ccc2O)c2cc(-c3ccc(O)cc3)ccc2O)cc1C.Cc1ccc(C(c2ccc(O)c(-c3ccccc3O)c2)c2ccc(O)c(-c3ccccc3O)c2)cc1.Cc1ccc(C(c2ccc(O)c(-c3ccccc3O)c2)c2ccc(O)c(-c3ccccc3O)c2)cc1C. The van der Waals surface area contributed by atoms with Crippen molar-refractivity contribution in [1.82, 2.24) is 0 Å². The monoisotopic (exact) mass is 1920 g/mol. The average molecular weight is 1930 g/mol. The van der Waals surface area contributed by atoms with Crippen LogP contribution in [0.25, 0.3) is 89.0 Å². The summed E-state index contributed by atoms with van der Waals surface area (Å²) in [7, 11) is 0. The Kier molecular flexibility index (Phi) is 29.4. The molecule has 0 aliphatic heterocycles. The fraction of sp³-hybridized carbons (Fsp3) is 0.0769. The van der Waals surface area contributed by atoms with Gasteiger partial charge in [-0.05, 0) is 323 Å². The van der Waals surface area contributed by atoms with Crippen LogP contribution in [0.3, 0.4) is 0 Å². The second-order valence-corrected chi connectivity index (χ2v) is 36.7. The Morgan fingerprint density at radius 1 is 0.130 bits per heavy atom. The summed E-state index contributed by atoms with van der Waals surface area (Å²) in [5, 5.41) is 168. The lowest BCUT2D eigenvalue weighted by Crippen LogP contribution is -2.06. The first-order chi connectivity index (χ1) is 70.4. The lowest BCUT2D eigenvalue weighted by molar-refractivity contribution is 0.458. The maximum atomic E-state index is 11.1. The first kappa shape index (κ1) is 98.8. The van der Waals surface area contributed by atoms with Crippen LogP contribution in [0.15, 0.2) is 425 Å². The largest absolute Gasteiger partial charge is 0.508 e. The van der Waals surface area contributed by atoms with Gasteiger partial charge in [0.2, 0.25) is 0 Å². The minimum Gasteiger partial charge on any atom is -0.508 e. The molecule has 0 saturated carbocycles. The Morgan fingerprint density at radius 2 is 0.315 bits per heavy atom. The molecule has 20 rings (SSSR count). The van der Waals surface area contributed by atoms with Crippen LogP contribution in [0, 0.1) is 41.5 Å². The summed E-state index contributed by atoms with van der Waals surface area (Å²) >= 11 is 0. The van der Waals surface area contributed by atoms with Crippen molar-refractivity contribution in [1.29, 1.82) is 0 Å². The molecule has 0 saturated heterocycles. The van der Waals surface area contributed by atoms with Gasteiger partial charge in [0.25, 0.3) is 0 Å². The molecular weight excluding hydrogens is 1820 g/mol. The van der Waals surface area contributed by atoms with Crippen molar-refractivity contribution in [3.05, 3.63) is 525 Å². The van der Waals surface area contributed by atoms with Crippen LogP contribution in [-0.2, 0) is 0 Å². The first-order valence-electron chi connectivity index (χ1n) is 47.7. The quantitative estimate of drug-likeness (QED) is 0.0315. The Hall–Kier alpha value is -18.8. The third-order valence-corrected chi connectivity index (χ3v) is 26.9. The molecule has 0 spiro atoms. The van der Waals surface area contributed by atoms with E-state index < -0.39 is 11.8 Å². The molecule has 16 N–H and O–H groups in total. The molecule has 0 heterocycles. The normalized spacial score (nSPS) is 11.1. The number of para-hydroxylation sites is 4. The molecule has 724 valence electrons. The van der Waals surface area contributed by atoms with E-state index in [1.807, 2.05) is 214 Å². The number of aryl methyl sites for hydroxylation is 6. The van der Waals surface area contributed by atoms with E-state index in [0.717, 1.165) is 117 Å². The minimum atomic E-state index is -0.451. The van der Waals surface area contributed by atoms with Crippen molar-refractivity contribution in [3.63, 3.8) is 0 Å². The zero-order valence-corrected chi connectivity index (χ0v) is 80.9. The molecule has 0 aromatic heterocycles. The van der Waals surface area contributed by atoms with Gasteiger partial charge in [-0.2, -0.15) is 0 Å². The summed E-state index contributed by atoms with van der Waals surface area (Å²) in [4.78, 5) is 0. The zero-order chi connectivity index (χ0) is 103. The maximum absolute atomic E-state index is 11.1. The van der Waals surface area contributed by atoms with E-state index in [-0.39, 0.29) is 104 Å². The number of phenolic OH excluding ortho intramolecular Hbond substituents is 16. The molecule has 0 fully saturated rings. The van der Waals surface area contributed by atoms with Gasteiger partial charge in [0.05, 0.1) is 0 Å². The molecule has 20 aromatic carbocycles. The Labute approximate surface area is 847 Å². The average Bonchev–Trinajstić information content (AvgIpc) is 0.755. The van der Waals surface area contributed by atoms with E-state index in [1.165, 1.54) is 5.56 Å². The topological polar surface area (TPSA) is 324 Å². The van der Waals surface area contributed by atoms with Crippen molar-refractivity contribution in [2.24, 2.45) is 0 Å². The van der Waals surface area contributed by atoms with Gasteiger partial charge in [-0.25, -0.2) is 0 Å². The molecule has 0 amide bonds. The van der Waals surface area contributed by atoms with Crippen LogP contribution in [0.5, 0.6) is 92.0 Å². The molecule has 0 bridgehead atoms. The van der Waals surface area contributed by atoms with Gasteiger partial charge >= 0.3 is 0 Å². The summed E-state index contributed by atoms with van der Waals surface area (Å²) in [6.45, 7) is 12.3. The Balaban J connectivity index is 0.000000133. The van der Waals surface area contributed by atoms with Crippen LogP contribution in [0.4, 0.5) is 0 Å². The molecular formula is C130H108O16. The van der Waals surface area contributed by atoms with E-state index in [4.69, 9.17) is 0 Å². The van der Waals surface area contributed by atoms with Crippen molar-refractivity contribution in [2.75, 3.05) is 0 Å². The van der Waals surface area contributed by atoms with Gasteiger partial charge in [-0.15, -0.1) is 0 Å². The molecule has 20 aromatic rings. The molecule has 0 radical (unpaired) electrons. The Morgan fingerprint density at radius 3 is 0.562 bits per heavy atom. The van der Waals surface area contributed by atoms with E-state index >= 15 is 0 Å². The van der Waals surface area contributed by atoms with Gasteiger partial charge in [0, 0.05) is 90.4 Å². The minimum absolute atomic E-state index is 0.0727. The van der Waals surface area contributed by atoms with E-state index in [2.05, 4.69) is 82.3 Å². The van der Waals surface area contributed by atoms with E-state index in [0.29, 0.717) is 66.8 Å². The molecule has 16 heteroatoms. The number of rotatable bonds is 20. The summed E-state index contributed by atoms with van der Waals surface area (Å²) in [6, 6.07) is 128. The van der Waals surface area contributed by atoms with Gasteiger partial charge in [-0.3, -0.25) is 0 Å². The molecule has 0 atom stereocenters. The smallest absolute Gasteiger partial charge is 0.123 e. The van der Waals surface area contributed by atoms with Crippen molar-refractivity contribution >= 4 is 0 Å². The van der Waals surface area contributed by atoms with Crippen LogP contribution >= 0.6 is 0 Å². The van der Waals surface area contributed by atoms with Gasteiger partial charge in [0.15, 0.2) is 0 Å². The first-order valence-corrected chi connectivity index (χ1v) is 47.7. The fourth-order valence-corrected chi connectivity index (χ4v) is 18.7. The summed E-state index contributed by atoms with van der Waals surface area (Å²) in [6.07, 6.45) is 0. The number of benzene rings is 20. The highest BCUT2D eigenvalue weighted by molar-refractivity contribution is 5.83. The summed E-state index contributed by atoms with van der Waals surface area (Å²) < 4.78 is 0. The molecule has 0 aliphatic rings. The van der Waals surface area contributed by atoms with Crippen LogP contribution < -0.4 is 0 Å². The zero-order valence-electron chi connectivity index (χ0n) is 80.9. The van der Waals surface area contributed by atoms with Crippen molar-refractivity contribution in [3.8, 4) is 181 Å². The highest BCUT2D eigenvalue weighted by Gasteiger charge is 2.30. The third kappa shape index (κ3) is 22.2. The van der Waals surface area contributed by atoms with Crippen molar-refractivity contribution in [2.45, 2.75) is 65.2 Å². The fourth-order valence-electron chi connectivity index (χ4n) is 18.7. The second-order valence-electron chi connectivity index (χ2n) is 36.7. The number of hydrogen-bond acceptors (Lipinski definition) is 16. The second kappa shape index (κ2) is 43.5. The van der Waals surface area contributed by atoms with Gasteiger partial charge in [-0.1, -0.05) is 266 Å². The highest BCUT2D eigenvalue weighted by atomic mass is 16.3. The number of hydrogen-bond donors (Lipinski definition) is 16. The van der Waals surface area contributed by atoms with Crippen molar-refractivity contribution < 1.29 is 81.7 Å². The number of phenols is 16. The standard InChI is InChI=1S/2C33H28O4.2C32H26O4/c1-20-11-12-22(17-21(20)2)33(23-13-15-31(36)27(18-23)25-7-3-5-9-29(25)34)24-14-16-32(37)28(19-24)26-8-4-6-10-30(26)35;1-20-3-4-26(17-21(20)2)33(29-18-24(9-15-31(29)36)22-5-11-27(34)12-6-22)30-19-25(10-16-32(30)37)23-7-13-28(35)14-8-23;1-20-2-4-23(5-3-20)32(28-18-24(10-16-30(28)35)21-6-12-26(33)13-7-21)29-19-25(11-17-31(29)36)22-8-14-27(34)15-9-22;1-20-10-12-21(13-11-20)32(22-14-16-30(35)26(18-22)24-6-2-4-8-28(24)33)23-15-17-31(36)27(19-23)25-7-3-5-9-29(25)34/h2*3-19,33-37H,1-2H3;2*2-19,32-36H,1H3. The molecule has 146 heavy (non-hydrogen) atoms. The van der Waals surface area contributed by atoms with Crippen LogP contribution in [-0.4, -0.2) is 81.7 Å². The molecule has 0 aliphatic carbocycles. The van der Waals surface area contributed by atoms with Crippen LogP contribution in [0.1, 0.15) is 124 Å². The predicted octanol–water partition coefficient (Wildman–Crippen LogP) is 29.9. The lowest BCUT2D eigenvalue weighted by atomic mass is 9.81. The van der Waals surface area contributed by atoms with Crippen LogP contribution in [0.2, 0.25) is 0 Å². The summed E-state index contributed by atoms with van der Waals surface area (Å²) in [5.74, 6) is 0.511. The third-order valence-electron chi connectivity index (χ3n) is 26.9. The van der Waals surface area contributed by atoms with E-state index in [1.54, 1.807) is 170 Å². The Bertz CT molecular complexity index is 7740. The predicted molar refractivity (Wildman–Crippen MR) is 580 cm³/mol. The summed E-state index contributed by atoms with van der Waals surface area (Å²) in [5.41, 5.74) is 28.5. The van der Waals surface area contributed by atoms with Gasteiger partial charge in [0.1, 0.15) is 92.0 Å². The van der Waals surface area contributed by atoms with E-state index in [9.17, 15) is 81.7 Å². The maximum Gasteiger partial charge on any atom is 0.123 e. The highest BCUT2D eigenvalue weighted by Crippen LogP contribution is 2.51. The molecule has 0 unspecified atom stereocenters.